The molecule has 0 bridgehead atoms. The summed E-state index contributed by atoms with van der Waals surface area (Å²) in [6.45, 7) is 9.07. The van der Waals surface area contributed by atoms with E-state index in [0.717, 1.165) is 18.4 Å². The van der Waals surface area contributed by atoms with E-state index < -0.39 is 0 Å². The number of benzene rings is 1. The average Bonchev–Trinajstić information content (AvgIpc) is 2.44. The van der Waals surface area contributed by atoms with Crippen LogP contribution in [0.2, 0.25) is 0 Å². The molecule has 1 aromatic heterocycles. The summed E-state index contributed by atoms with van der Waals surface area (Å²) in [5, 5.41) is 0. The van der Waals surface area contributed by atoms with Crippen molar-refractivity contribution in [3.8, 4) is 11.3 Å². The van der Waals surface area contributed by atoms with Crippen LogP contribution < -0.4 is 0 Å². The van der Waals surface area contributed by atoms with Crippen LogP contribution in [-0.4, -0.2) is 4.98 Å². The Morgan fingerprint density at radius 3 is 2.36 bits per heavy atom. The number of hydrogen-bond acceptors (Lipinski definition) is 1. The predicted molar refractivity (Wildman–Crippen MR) is 83.8 cm³/mol. The second kappa shape index (κ2) is 5.86. The maximum absolute atomic E-state index is 14.0. The molecule has 0 amide bonds. The van der Waals surface area contributed by atoms with Crippen molar-refractivity contribution in [1.82, 2.24) is 4.98 Å². The molecular weight excluding hydrogens is 453 g/mol. The Morgan fingerprint density at radius 1 is 1.09 bits per heavy atom. The van der Waals surface area contributed by atoms with E-state index in [0.29, 0.717) is 5.69 Å². The average molecular weight is 475 g/mol. The van der Waals surface area contributed by atoms with E-state index in [1.54, 1.807) is 12.3 Å². The Morgan fingerprint density at radius 2 is 1.73 bits per heavy atom. The fourth-order valence-corrected chi connectivity index (χ4v) is 3.23. The standard InChI is InChI=1S/C19H21FN.Ir/c1-18(2)9-10-19(3,4)15-12-13(7-8-14(15)18)17-16(20)6-5-11-21-17;/h5-6,8,11-12H,9-10H2,1-4H3;/q-1;. The molecule has 1 aliphatic carbocycles. The minimum Gasteiger partial charge on any atom is -0.302 e. The van der Waals surface area contributed by atoms with Crippen LogP contribution in [0.5, 0.6) is 0 Å². The van der Waals surface area contributed by atoms with Gasteiger partial charge in [0.1, 0.15) is 5.82 Å². The number of pyridine rings is 1. The van der Waals surface area contributed by atoms with Crippen molar-refractivity contribution in [2.75, 3.05) is 0 Å². The van der Waals surface area contributed by atoms with Crippen LogP contribution in [-0.2, 0) is 30.9 Å². The second-order valence-electron chi connectivity index (χ2n) is 7.28. The Bertz CT molecular complexity index is 692. The molecule has 0 N–H and O–H groups in total. The van der Waals surface area contributed by atoms with E-state index in [1.807, 2.05) is 6.07 Å². The third-order valence-electron chi connectivity index (χ3n) is 4.80. The van der Waals surface area contributed by atoms with Gasteiger partial charge in [-0.1, -0.05) is 34.1 Å². The summed E-state index contributed by atoms with van der Waals surface area (Å²) in [6, 6.07) is 10.4. The van der Waals surface area contributed by atoms with Gasteiger partial charge in [-0.3, -0.25) is 0 Å². The number of nitrogens with zero attached hydrogens (tertiary/aromatic N) is 1. The number of rotatable bonds is 1. The summed E-state index contributed by atoms with van der Waals surface area (Å²) in [6.07, 6.45) is 3.93. The number of halogens is 1. The minimum atomic E-state index is -0.290. The summed E-state index contributed by atoms with van der Waals surface area (Å²) in [7, 11) is 0. The monoisotopic (exact) mass is 475 g/mol. The zero-order chi connectivity index (χ0) is 15.3. The van der Waals surface area contributed by atoms with E-state index in [1.165, 1.54) is 17.2 Å². The molecule has 1 radical (unpaired) electrons. The van der Waals surface area contributed by atoms with Gasteiger partial charge in [0.25, 0.3) is 0 Å². The maximum Gasteiger partial charge on any atom is 0.107 e. The van der Waals surface area contributed by atoms with E-state index in [-0.39, 0.29) is 36.8 Å². The molecule has 1 nitrogen and oxygen atoms in total. The van der Waals surface area contributed by atoms with Crippen LogP contribution in [0.1, 0.15) is 51.7 Å². The number of aromatic nitrogens is 1. The van der Waals surface area contributed by atoms with E-state index in [2.05, 4.69) is 44.8 Å². The van der Waals surface area contributed by atoms with Crippen LogP contribution in [0.3, 0.4) is 0 Å². The van der Waals surface area contributed by atoms with E-state index in [4.69, 9.17) is 0 Å². The van der Waals surface area contributed by atoms with Gasteiger partial charge in [0.2, 0.25) is 0 Å². The first-order valence-corrected chi connectivity index (χ1v) is 7.49. The van der Waals surface area contributed by atoms with Crippen molar-refractivity contribution in [2.24, 2.45) is 0 Å². The molecule has 119 valence electrons. The fourth-order valence-electron chi connectivity index (χ4n) is 3.23. The summed E-state index contributed by atoms with van der Waals surface area (Å²) in [4.78, 5) is 4.18. The van der Waals surface area contributed by atoms with Crippen LogP contribution in [0.25, 0.3) is 11.3 Å². The van der Waals surface area contributed by atoms with Gasteiger partial charge < -0.3 is 4.98 Å². The first kappa shape index (κ1) is 17.3. The third kappa shape index (κ3) is 2.89. The van der Waals surface area contributed by atoms with Crippen molar-refractivity contribution in [1.29, 1.82) is 0 Å². The zero-order valence-corrected chi connectivity index (χ0v) is 15.9. The van der Waals surface area contributed by atoms with Crippen molar-refractivity contribution in [3.05, 3.63) is 53.5 Å². The van der Waals surface area contributed by atoms with Gasteiger partial charge in [0.15, 0.2) is 0 Å². The molecule has 3 rings (SSSR count). The molecule has 0 unspecified atom stereocenters. The molecule has 2 aromatic rings. The molecule has 0 aliphatic heterocycles. The first-order valence-electron chi connectivity index (χ1n) is 7.49. The first-order chi connectivity index (χ1) is 9.81. The quantitative estimate of drug-likeness (QED) is 0.528. The summed E-state index contributed by atoms with van der Waals surface area (Å²) in [5.41, 5.74) is 4.04. The molecule has 22 heavy (non-hydrogen) atoms. The molecular formula is C19H21FIrN-. The van der Waals surface area contributed by atoms with E-state index >= 15 is 0 Å². The summed E-state index contributed by atoms with van der Waals surface area (Å²) < 4.78 is 14.0. The smallest absolute Gasteiger partial charge is 0.107 e. The summed E-state index contributed by atoms with van der Waals surface area (Å²) in [5.74, 6) is -0.290. The third-order valence-corrected chi connectivity index (χ3v) is 4.80. The maximum atomic E-state index is 14.0. The van der Waals surface area contributed by atoms with Gasteiger partial charge in [-0.05, 0) is 29.4 Å². The topological polar surface area (TPSA) is 12.9 Å². The molecule has 0 saturated heterocycles. The van der Waals surface area contributed by atoms with Crippen molar-refractivity contribution >= 4 is 0 Å². The Kier molecular flexibility index (Phi) is 4.61. The van der Waals surface area contributed by atoms with Crippen molar-refractivity contribution in [2.45, 2.75) is 51.4 Å². The Hall–Kier alpha value is -1.05. The van der Waals surface area contributed by atoms with E-state index in [9.17, 15) is 4.39 Å². The summed E-state index contributed by atoms with van der Waals surface area (Å²) >= 11 is 0. The zero-order valence-electron chi connectivity index (χ0n) is 13.5. The SMILES string of the molecule is CC1(C)CCC(C)(C)c2cc(-c3ncccc3F)[c-]cc21.[Ir]. The van der Waals surface area contributed by atoms with Gasteiger partial charge in [-0.15, -0.1) is 34.9 Å². The van der Waals surface area contributed by atoms with Crippen LogP contribution in [0, 0.1) is 11.9 Å². The normalized spacial score (nSPS) is 18.2. The fraction of sp³-hybridized carbons (Fsp3) is 0.421. The van der Waals surface area contributed by atoms with Crippen molar-refractivity contribution in [3.63, 3.8) is 0 Å². The molecule has 0 spiro atoms. The van der Waals surface area contributed by atoms with Gasteiger partial charge in [-0.25, -0.2) is 4.39 Å². The van der Waals surface area contributed by atoms with Gasteiger partial charge >= 0.3 is 0 Å². The van der Waals surface area contributed by atoms with Crippen LogP contribution in [0.4, 0.5) is 4.39 Å². The van der Waals surface area contributed by atoms with Gasteiger partial charge in [-0.2, -0.15) is 0 Å². The van der Waals surface area contributed by atoms with Gasteiger partial charge in [0, 0.05) is 32.0 Å². The van der Waals surface area contributed by atoms with Crippen LogP contribution >= 0.6 is 0 Å². The van der Waals surface area contributed by atoms with Crippen molar-refractivity contribution < 1.29 is 24.5 Å². The van der Waals surface area contributed by atoms with Gasteiger partial charge in [0.05, 0.1) is 0 Å². The second-order valence-corrected chi connectivity index (χ2v) is 7.28. The molecule has 0 saturated carbocycles. The molecule has 0 atom stereocenters. The molecule has 0 fully saturated rings. The molecule has 1 aromatic carbocycles. The largest absolute Gasteiger partial charge is 0.302 e. The van der Waals surface area contributed by atoms with Crippen LogP contribution in [0.15, 0.2) is 30.5 Å². The number of fused-ring (bicyclic) bond motifs is 1. The Balaban J connectivity index is 0.00000176. The molecule has 1 aliphatic rings. The number of hydrogen-bond donors (Lipinski definition) is 0. The molecule has 3 heteroatoms. The minimum absolute atomic E-state index is 0. The molecule has 1 heterocycles. The Labute approximate surface area is 145 Å². The predicted octanol–water partition coefficient (Wildman–Crippen LogP) is 5.03.